The van der Waals surface area contributed by atoms with Crippen molar-refractivity contribution in [2.75, 3.05) is 13.7 Å². The number of carbonyl (C=O) groups is 1. The van der Waals surface area contributed by atoms with E-state index in [2.05, 4.69) is 0 Å². The maximum atomic E-state index is 11.9. The summed E-state index contributed by atoms with van der Waals surface area (Å²) < 4.78 is 15.9. The van der Waals surface area contributed by atoms with Gasteiger partial charge in [0, 0.05) is 0 Å². The van der Waals surface area contributed by atoms with Crippen LogP contribution in [0.1, 0.15) is 28.4 Å². The second-order valence-corrected chi connectivity index (χ2v) is 4.83. The van der Waals surface area contributed by atoms with Gasteiger partial charge in [-0.1, -0.05) is 18.2 Å². The van der Waals surface area contributed by atoms with Crippen LogP contribution in [0, 0.1) is 6.92 Å². The van der Waals surface area contributed by atoms with Crippen molar-refractivity contribution >= 4 is 5.97 Å². The van der Waals surface area contributed by atoms with E-state index in [1.807, 2.05) is 43.3 Å². The number of aryl methyl sites for hydroxylation is 1. The van der Waals surface area contributed by atoms with Crippen LogP contribution >= 0.6 is 0 Å². The Morgan fingerprint density at radius 2 is 1.73 bits per heavy atom. The molecule has 0 fully saturated rings. The van der Waals surface area contributed by atoms with Gasteiger partial charge < -0.3 is 14.2 Å². The Hall–Kier alpha value is -2.49. The maximum Gasteiger partial charge on any atom is 0.338 e. The average molecular weight is 300 g/mol. The minimum absolute atomic E-state index is 0.324. The molecule has 0 aliphatic heterocycles. The summed E-state index contributed by atoms with van der Waals surface area (Å²) in [5, 5.41) is 0. The van der Waals surface area contributed by atoms with E-state index < -0.39 is 0 Å². The Kier molecular flexibility index (Phi) is 5.42. The lowest BCUT2D eigenvalue weighted by molar-refractivity contribution is 0.0525. The second-order valence-electron chi connectivity index (χ2n) is 4.83. The molecule has 0 bridgehead atoms. The van der Waals surface area contributed by atoms with Gasteiger partial charge in [0.15, 0.2) is 0 Å². The Balaban J connectivity index is 2.06. The number of ether oxygens (including phenoxy) is 3. The van der Waals surface area contributed by atoms with E-state index in [0.717, 1.165) is 16.9 Å². The Labute approximate surface area is 130 Å². The van der Waals surface area contributed by atoms with Gasteiger partial charge in [0.25, 0.3) is 0 Å². The van der Waals surface area contributed by atoms with Crippen molar-refractivity contribution in [3.8, 4) is 11.5 Å². The molecule has 0 amide bonds. The fourth-order valence-corrected chi connectivity index (χ4v) is 2.01. The summed E-state index contributed by atoms with van der Waals surface area (Å²) in [5.41, 5.74) is 2.43. The van der Waals surface area contributed by atoms with Crippen LogP contribution in [0.3, 0.4) is 0 Å². The van der Waals surface area contributed by atoms with Crippen molar-refractivity contribution in [1.82, 2.24) is 0 Å². The first kappa shape index (κ1) is 15.9. The summed E-state index contributed by atoms with van der Waals surface area (Å²) in [6.07, 6.45) is 0. The molecule has 0 aliphatic rings. The van der Waals surface area contributed by atoms with Gasteiger partial charge in [0.2, 0.25) is 0 Å². The first-order chi connectivity index (χ1) is 10.6. The van der Waals surface area contributed by atoms with Crippen molar-refractivity contribution in [1.29, 1.82) is 0 Å². The molecule has 22 heavy (non-hydrogen) atoms. The smallest absolute Gasteiger partial charge is 0.338 e. The van der Waals surface area contributed by atoms with Crippen molar-refractivity contribution in [3.05, 3.63) is 59.2 Å². The summed E-state index contributed by atoms with van der Waals surface area (Å²) in [4.78, 5) is 11.9. The van der Waals surface area contributed by atoms with Crippen LogP contribution in [0.2, 0.25) is 0 Å². The highest BCUT2D eigenvalue weighted by atomic mass is 16.5. The first-order valence-electron chi connectivity index (χ1n) is 7.17. The highest BCUT2D eigenvalue weighted by Gasteiger charge is 2.11. The summed E-state index contributed by atoms with van der Waals surface area (Å²) in [5.74, 6) is 1.13. The number of carbonyl (C=O) groups excluding carboxylic acids is 1. The van der Waals surface area contributed by atoms with E-state index in [4.69, 9.17) is 14.2 Å². The topological polar surface area (TPSA) is 44.8 Å². The van der Waals surface area contributed by atoms with E-state index in [1.165, 1.54) is 0 Å². The number of hydrogen-bond acceptors (Lipinski definition) is 4. The molecular formula is C18H20O4. The van der Waals surface area contributed by atoms with Gasteiger partial charge in [-0.3, -0.25) is 0 Å². The van der Waals surface area contributed by atoms with Crippen LogP contribution in [0.4, 0.5) is 0 Å². The molecule has 0 saturated carbocycles. The predicted molar refractivity (Wildman–Crippen MR) is 84.5 cm³/mol. The van der Waals surface area contributed by atoms with Gasteiger partial charge in [-0.15, -0.1) is 0 Å². The average Bonchev–Trinajstić information content (AvgIpc) is 2.54. The van der Waals surface area contributed by atoms with Gasteiger partial charge in [-0.25, -0.2) is 4.79 Å². The standard InChI is InChI=1S/C18H20O4/c1-4-21-18(19)17-11-16(8-5-13(17)2)22-12-14-6-9-15(20-3)10-7-14/h5-11H,4,12H2,1-3H3. The van der Waals surface area contributed by atoms with Gasteiger partial charge in [-0.2, -0.15) is 0 Å². The summed E-state index contributed by atoms with van der Waals surface area (Å²) in [6.45, 7) is 4.45. The van der Waals surface area contributed by atoms with Crippen molar-refractivity contribution in [2.24, 2.45) is 0 Å². The quantitative estimate of drug-likeness (QED) is 0.762. The molecule has 0 spiro atoms. The molecule has 0 saturated heterocycles. The molecule has 0 atom stereocenters. The molecule has 0 radical (unpaired) electrons. The highest BCUT2D eigenvalue weighted by molar-refractivity contribution is 5.91. The Morgan fingerprint density at radius 1 is 1.05 bits per heavy atom. The number of esters is 1. The second kappa shape index (κ2) is 7.50. The lowest BCUT2D eigenvalue weighted by Crippen LogP contribution is -2.07. The molecule has 0 heterocycles. The highest BCUT2D eigenvalue weighted by Crippen LogP contribution is 2.20. The number of benzene rings is 2. The molecule has 2 aromatic rings. The van der Waals surface area contributed by atoms with E-state index >= 15 is 0 Å². The molecule has 4 heteroatoms. The van der Waals surface area contributed by atoms with Gasteiger partial charge in [-0.05, 0) is 49.2 Å². The molecule has 0 N–H and O–H groups in total. The predicted octanol–water partition coefficient (Wildman–Crippen LogP) is 3.76. The zero-order chi connectivity index (χ0) is 15.9. The molecule has 0 aliphatic carbocycles. The molecular weight excluding hydrogens is 280 g/mol. The normalized spacial score (nSPS) is 10.1. The molecule has 116 valence electrons. The van der Waals surface area contributed by atoms with Crippen LogP contribution in [0.25, 0.3) is 0 Å². The monoisotopic (exact) mass is 300 g/mol. The van der Waals surface area contributed by atoms with E-state index in [-0.39, 0.29) is 5.97 Å². The third-order valence-corrected chi connectivity index (χ3v) is 3.27. The number of hydrogen-bond donors (Lipinski definition) is 0. The molecule has 0 aromatic heterocycles. The first-order valence-corrected chi connectivity index (χ1v) is 7.17. The van der Waals surface area contributed by atoms with Crippen molar-refractivity contribution in [3.63, 3.8) is 0 Å². The minimum Gasteiger partial charge on any atom is -0.497 e. The fourth-order valence-electron chi connectivity index (χ4n) is 2.01. The van der Waals surface area contributed by atoms with Crippen molar-refractivity contribution < 1.29 is 19.0 Å². The summed E-state index contributed by atoms with van der Waals surface area (Å²) >= 11 is 0. The zero-order valence-electron chi connectivity index (χ0n) is 13.1. The molecule has 2 aromatic carbocycles. The van der Waals surface area contributed by atoms with E-state index in [0.29, 0.717) is 24.5 Å². The maximum absolute atomic E-state index is 11.9. The van der Waals surface area contributed by atoms with Gasteiger partial charge in [0.05, 0.1) is 19.3 Å². The Bertz CT molecular complexity index is 632. The zero-order valence-corrected chi connectivity index (χ0v) is 13.1. The Morgan fingerprint density at radius 3 is 2.36 bits per heavy atom. The van der Waals surface area contributed by atoms with Crippen LogP contribution < -0.4 is 9.47 Å². The lowest BCUT2D eigenvalue weighted by Gasteiger charge is -2.10. The fraction of sp³-hybridized carbons (Fsp3) is 0.278. The largest absolute Gasteiger partial charge is 0.497 e. The van der Waals surface area contributed by atoms with E-state index in [9.17, 15) is 4.79 Å². The summed E-state index contributed by atoms with van der Waals surface area (Å²) in [7, 11) is 1.63. The summed E-state index contributed by atoms with van der Waals surface area (Å²) in [6, 6.07) is 13.1. The number of methoxy groups -OCH3 is 1. The van der Waals surface area contributed by atoms with Gasteiger partial charge >= 0.3 is 5.97 Å². The minimum atomic E-state index is -0.324. The van der Waals surface area contributed by atoms with Crippen LogP contribution in [0.5, 0.6) is 11.5 Å². The third-order valence-electron chi connectivity index (χ3n) is 3.27. The molecule has 2 rings (SSSR count). The van der Waals surface area contributed by atoms with Gasteiger partial charge in [0.1, 0.15) is 18.1 Å². The van der Waals surface area contributed by atoms with Crippen LogP contribution in [0.15, 0.2) is 42.5 Å². The molecule has 0 unspecified atom stereocenters. The van der Waals surface area contributed by atoms with Crippen molar-refractivity contribution in [2.45, 2.75) is 20.5 Å². The van der Waals surface area contributed by atoms with Crippen LogP contribution in [-0.4, -0.2) is 19.7 Å². The number of rotatable bonds is 6. The van der Waals surface area contributed by atoms with Crippen LogP contribution in [-0.2, 0) is 11.3 Å². The van der Waals surface area contributed by atoms with E-state index in [1.54, 1.807) is 20.1 Å². The SMILES string of the molecule is CCOC(=O)c1cc(OCc2ccc(OC)cc2)ccc1C. The third kappa shape index (κ3) is 4.01. The lowest BCUT2D eigenvalue weighted by atomic mass is 10.1. The molecule has 4 nitrogen and oxygen atoms in total.